The first kappa shape index (κ1) is 11.7. The molecule has 0 N–H and O–H groups in total. The van der Waals surface area contributed by atoms with Crippen molar-refractivity contribution in [2.24, 2.45) is 0 Å². The second-order valence-corrected chi connectivity index (χ2v) is 3.59. The van der Waals surface area contributed by atoms with Crippen LogP contribution >= 0.6 is 24.2 Å². The average Bonchev–Trinajstić information content (AvgIpc) is 2.07. The molecule has 0 spiro atoms. The summed E-state index contributed by atoms with van der Waals surface area (Å²) < 4.78 is 37.4. The van der Waals surface area contributed by atoms with E-state index in [-0.39, 0.29) is 17.0 Å². The largest absolute Gasteiger partial charge is 0.416 e. The molecule has 0 saturated carbocycles. The molecule has 14 heavy (non-hydrogen) atoms. The van der Waals surface area contributed by atoms with Gasteiger partial charge in [-0.2, -0.15) is 25.8 Å². The molecule has 0 atom stereocenters. The van der Waals surface area contributed by atoms with Crippen molar-refractivity contribution in [2.45, 2.75) is 12.6 Å². The molecule has 0 aliphatic heterocycles. The van der Waals surface area contributed by atoms with Crippen molar-refractivity contribution in [1.29, 1.82) is 0 Å². The number of alkyl halides is 3. The summed E-state index contributed by atoms with van der Waals surface area (Å²) in [5, 5.41) is 0.147. The molecule has 0 radical (unpaired) electrons. The van der Waals surface area contributed by atoms with E-state index in [9.17, 15) is 13.2 Å². The minimum atomic E-state index is -4.34. The molecule has 5 heteroatoms. The lowest BCUT2D eigenvalue weighted by atomic mass is 10.1. The van der Waals surface area contributed by atoms with E-state index in [0.29, 0.717) is 5.75 Å². The average molecular weight is 241 g/mol. The fourth-order valence-corrected chi connectivity index (χ4v) is 1.68. The molecule has 0 nitrogen and oxygen atoms in total. The summed E-state index contributed by atoms with van der Waals surface area (Å²) in [6.07, 6.45) is -4.12. The third kappa shape index (κ3) is 2.58. The van der Waals surface area contributed by atoms with Gasteiger partial charge >= 0.3 is 6.18 Å². The predicted octanol–water partition coefficient (Wildman–Crippen LogP) is 3.83. The van der Waals surface area contributed by atoms with E-state index >= 15 is 0 Å². The van der Waals surface area contributed by atoms with Crippen LogP contribution in [-0.2, 0) is 12.6 Å². The normalized spacial score (nSPS) is 11.8. The maximum atomic E-state index is 12.5. The third-order valence-corrected chi connectivity index (χ3v) is 2.36. The van der Waals surface area contributed by atoms with Crippen molar-refractivity contribution in [3.8, 4) is 0 Å². The molecule has 0 amide bonds. The number of benzene rings is 1. The zero-order valence-corrected chi connectivity index (χ0v) is 8.76. The molecule has 1 aromatic rings. The van der Waals surface area contributed by atoms with Crippen LogP contribution in [0.3, 0.4) is 0 Å². The SMILES string of the molecule is FC(F)(F)c1cccc(Cl)c1CCS. The van der Waals surface area contributed by atoms with Crippen LogP contribution in [0.2, 0.25) is 5.02 Å². The second-order valence-electron chi connectivity index (χ2n) is 2.74. The van der Waals surface area contributed by atoms with Gasteiger partial charge in [0.15, 0.2) is 0 Å². The van der Waals surface area contributed by atoms with Crippen LogP contribution in [0.4, 0.5) is 13.2 Å². The molecule has 0 fully saturated rings. The van der Waals surface area contributed by atoms with Crippen LogP contribution in [0.15, 0.2) is 18.2 Å². The lowest BCUT2D eigenvalue weighted by Crippen LogP contribution is -2.09. The monoisotopic (exact) mass is 240 g/mol. The maximum absolute atomic E-state index is 12.5. The van der Waals surface area contributed by atoms with Gasteiger partial charge in [0.25, 0.3) is 0 Å². The molecule has 0 heterocycles. The summed E-state index contributed by atoms with van der Waals surface area (Å²) in [5.41, 5.74) is -0.546. The van der Waals surface area contributed by atoms with Gasteiger partial charge in [-0.1, -0.05) is 17.7 Å². The Hall–Kier alpha value is -0.350. The van der Waals surface area contributed by atoms with E-state index in [1.165, 1.54) is 12.1 Å². The second kappa shape index (κ2) is 4.45. The predicted molar refractivity (Wildman–Crippen MR) is 54.0 cm³/mol. The molecule has 0 aromatic heterocycles. The number of rotatable bonds is 2. The number of hydrogen-bond donors (Lipinski definition) is 1. The Morgan fingerprint density at radius 3 is 2.43 bits per heavy atom. The minimum absolute atomic E-state index is 0.122. The lowest BCUT2D eigenvalue weighted by Gasteiger charge is -2.13. The van der Waals surface area contributed by atoms with Gasteiger partial charge in [-0.15, -0.1) is 0 Å². The standard InChI is InChI=1S/C9H8ClF3S/c10-8-3-1-2-7(9(11,12)13)6(8)4-5-14/h1-3,14H,4-5H2. The van der Waals surface area contributed by atoms with Gasteiger partial charge in [0.05, 0.1) is 5.56 Å². The van der Waals surface area contributed by atoms with E-state index in [0.717, 1.165) is 6.07 Å². The number of halogens is 4. The Labute approximate surface area is 90.5 Å². The maximum Gasteiger partial charge on any atom is 0.416 e. The van der Waals surface area contributed by atoms with Crippen LogP contribution < -0.4 is 0 Å². The molecule has 1 aromatic carbocycles. The zero-order chi connectivity index (χ0) is 10.8. The van der Waals surface area contributed by atoms with Gasteiger partial charge in [0.1, 0.15) is 0 Å². The first-order valence-electron chi connectivity index (χ1n) is 3.92. The Kier molecular flexibility index (Phi) is 3.72. The van der Waals surface area contributed by atoms with E-state index in [4.69, 9.17) is 11.6 Å². The van der Waals surface area contributed by atoms with Crippen molar-refractivity contribution in [3.63, 3.8) is 0 Å². The summed E-state index contributed by atoms with van der Waals surface area (Å²) >= 11 is 9.58. The van der Waals surface area contributed by atoms with E-state index in [2.05, 4.69) is 12.6 Å². The Bertz CT molecular complexity index is 322. The first-order chi connectivity index (χ1) is 6.46. The number of hydrogen-bond acceptors (Lipinski definition) is 1. The molecule has 0 bridgehead atoms. The summed E-state index contributed by atoms with van der Waals surface area (Å²) in [7, 11) is 0. The molecule has 0 saturated heterocycles. The van der Waals surface area contributed by atoms with Gasteiger partial charge in [0.2, 0.25) is 0 Å². The van der Waals surface area contributed by atoms with E-state index < -0.39 is 11.7 Å². The molecule has 0 aliphatic carbocycles. The molecular formula is C9H8ClF3S. The van der Waals surface area contributed by atoms with Crippen molar-refractivity contribution in [1.82, 2.24) is 0 Å². The topological polar surface area (TPSA) is 0 Å². The lowest BCUT2D eigenvalue weighted by molar-refractivity contribution is -0.138. The van der Waals surface area contributed by atoms with Crippen LogP contribution in [0.25, 0.3) is 0 Å². The highest BCUT2D eigenvalue weighted by Crippen LogP contribution is 2.35. The Balaban J connectivity index is 3.21. The Morgan fingerprint density at radius 1 is 1.29 bits per heavy atom. The summed E-state index contributed by atoms with van der Waals surface area (Å²) in [5.74, 6) is 0.340. The molecule has 0 unspecified atom stereocenters. The van der Waals surface area contributed by atoms with Crippen LogP contribution in [0.5, 0.6) is 0 Å². The highest BCUT2D eigenvalue weighted by atomic mass is 35.5. The van der Waals surface area contributed by atoms with Crippen LogP contribution in [0, 0.1) is 0 Å². The van der Waals surface area contributed by atoms with Gasteiger partial charge in [-0.05, 0) is 29.9 Å². The fraction of sp³-hybridized carbons (Fsp3) is 0.333. The van der Waals surface area contributed by atoms with Crippen molar-refractivity contribution in [3.05, 3.63) is 34.3 Å². The molecule has 0 aliphatic rings. The third-order valence-electron chi connectivity index (χ3n) is 1.79. The van der Waals surface area contributed by atoms with Gasteiger partial charge in [-0.25, -0.2) is 0 Å². The van der Waals surface area contributed by atoms with Gasteiger partial charge < -0.3 is 0 Å². The van der Waals surface area contributed by atoms with Crippen molar-refractivity contribution in [2.75, 3.05) is 5.75 Å². The minimum Gasteiger partial charge on any atom is -0.179 e. The van der Waals surface area contributed by atoms with Crippen LogP contribution in [-0.4, -0.2) is 5.75 Å². The molecule has 78 valence electrons. The fourth-order valence-electron chi connectivity index (χ4n) is 1.19. The quantitative estimate of drug-likeness (QED) is 0.747. The van der Waals surface area contributed by atoms with Crippen LogP contribution in [0.1, 0.15) is 11.1 Å². The highest BCUT2D eigenvalue weighted by Gasteiger charge is 2.33. The smallest absolute Gasteiger partial charge is 0.179 e. The van der Waals surface area contributed by atoms with Gasteiger partial charge in [0, 0.05) is 5.02 Å². The Morgan fingerprint density at radius 2 is 1.93 bits per heavy atom. The van der Waals surface area contributed by atoms with Crippen molar-refractivity contribution < 1.29 is 13.2 Å². The summed E-state index contributed by atoms with van der Waals surface area (Å²) in [6.45, 7) is 0. The molecular weight excluding hydrogens is 233 g/mol. The molecule has 1 rings (SSSR count). The van der Waals surface area contributed by atoms with Gasteiger partial charge in [-0.3, -0.25) is 0 Å². The number of thiol groups is 1. The van der Waals surface area contributed by atoms with E-state index in [1.807, 2.05) is 0 Å². The van der Waals surface area contributed by atoms with Crippen molar-refractivity contribution >= 4 is 24.2 Å². The zero-order valence-electron chi connectivity index (χ0n) is 7.11. The summed E-state index contributed by atoms with van der Waals surface area (Å²) in [6, 6.07) is 3.79. The first-order valence-corrected chi connectivity index (χ1v) is 4.93. The van der Waals surface area contributed by atoms with E-state index in [1.54, 1.807) is 0 Å². The highest BCUT2D eigenvalue weighted by molar-refractivity contribution is 7.80. The summed E-state index contributed by atoms with van der Waals surface area (Å²) in [4.78, 5) is 0.